The van der Waals surface area contributed by atoms with Gasteiger partial charge in [0, 0.05) is 12.2 Å². The average Bonchev–Trinajstić information content (AvgIpc) is 2.75. The molecule has 1 aliphatic heterocycles. The predicted octanol–water partition coefficient (Wildman–Crippen LogP) is 3.23. The van der Waals surface area contributed by atoms with Gasteiger partial charge in [0.1, 0.15) is 0 Å². The van der Waals surface area contributed by atoms with Gasteiger partial charge in [-0.25, -0.2) is 4.79 Å². The molecule has 1 aromatic rings. The van der Waals surface area contributed by atoms with Crippen LogP contribution in [0.25, 0.3) is 0 Å². The number of anilines is 1. The Morgan fingerprint density at radius 1 is 1.47 bits per heavy atom. The molecule has 0 saturated carbocycles. The minimum Gasteiger partial charge on any atom is -0.394 e. The van der Waals surface area contributed by atoms with E-state index >= 15 is 0 Å². The normalized spacial score (nSPS) is 22.6. The fourth-order valence-corrected chi connectivity index (χ4v) is 2.61. The van der Waals surface area contributed by atoms with E-state index in [9.17, 15) is 9.90 Å². The van der Waals surface area contributed by atoms with Crippen molar-refractivity contribution in [3.63, 3.8) is 0 Å². The molecule has 0 aromatic heterocycles. The number of aliphatic hydroxyl groups is 1. The van der Waals surface area contributed by atoms with E-state index in [1.165, 1.54) is 0 Å². The van der Waals surface area contributed by atoms with Crippen LogP contribution in [0.1, 0.15) is 13.3 Å². The highest BCUT2D eigenvalue weighted by Crippen LogP contribution is 2.27. The summed E-state index contributed by atoms with van der Waals surface area (Å²) in [4.78, 5) is 13.8. The van der Waals surface area contributed by atoms with E-state index in [2.05, 4.69) is 5.32 Å². The molecule has 19 heavy (non-hydrogen) atoms. The van der Waals surface area contributed by atoms with Crippen molar-refractivity contribution in [3.05, 3.63) is 28.2 Å². The van der Waals surface area contributed by atoms with Gasteiger partial charge in [-0.05, 0) is 30.5 Å². The fourth-order valence-electron chi connectivity index (χ4n) is 2.31. The van der Waals surface area contributed by atoms with E-state index in [0.717, 1.165) is 6.42 Å². The van der Waals surface area contributed by atoms with Gasteiger partial charge in [-0.1, -0.05) is 30.1 Å². The molecule has 4 nitrogen and oxygen atoms in total. The van der Waals surface area contributed by atoms with Crippen LogP contribution in [0, 0.1) is 5.92 Å². The third-order valence-corrected chi connectivity index (χ3v) is 4.24. The van der Waals surface area contributed by atoms with Crippen LogP contribution in [0.3, 0.4) is 0 Å². The number of amides is 2. The molecule has 2 amide bonds. The lowest BCUT2D eigenvalue weighted by molar-refractivity contribution is 0.152. The molecule has 6 heteroatoms. The third-order valence-electron chi connectivity index (χ3n) is 3.50. The van der Waals surface area contributed by atoms with E-state index in [-0.39, 0.29) is 18.7 Å². The maximum absolute atomic E-state index is 12.2. The number of carbonyl (C=O) groups is 1. The molecule has 1 heterocycles. The van der Waals surface area contributed by atoms with Gasteiger partial charge in [0.15, 0.2) is 0 Å². The molecule has 0 bridgehead atoms. The first-order chi connectivity index (χ1) is 9.02. The third kappa shape index (κ3) is 3.14. The lowest BCUT2D eigenvalue weighted by atomic mass is 10.0. The number of benzene rings is 1. The van der Waals surface area contributed by atoms with E-state index in [0.29, 0.717) is 28.2 Å². The standard InChI is InChI=1S/C13H16Cl2N2O2/c1-8-4-5-17(12(8)7-18)13(19)16-9-2-3-10(14)11(15)6-9/h2-3,6,8,12,18H,4-5,7H2,1H3,(H,16,19). The van der Waals surface area contributed by atoms with Crippen LogP contribution in [-0.4, -0.2) is 35.2 Å². The summed E-state index contributed by atoms with van der Waals surface area (Å²) in [6, 6.07) is 4.59. The zero-order valence-electron chi connectivity index (χ0n) is 10.6. The maximum Gasteiger partial charge on any atom is 0.322 e. The summed E-state index contributed by atoms with van der Waals surface area (Å²) in [6.07, 6.45) is 0.903. The van der Waals surface area contributed by atoms with Crippen molar-refractivity contribution in [1.82, 2.24) is 4.90 Å². The van der Waals surface area contributed by atoms with Crippen LogP contribution < -0.4 is 5.32 Å². The van der Waals surface area contributed by atoms with E-state index in [1.807, 2.05) is 6.92 Å². The number of carbonyl (C=O) groups excluding carboxylic acids is 1. The van der Waals surface area contributed by atoms with Gasteiger partial charge in [-0.2, -0.15) is 0 Å². The highest BCUT2D eigenvalue weighted by Gasteiger charge is 2.33. The van der Waals surface area contributed by atoms with Crippen molar-refractivity contribution in [3.8, 4) is 0 Å². The zero-order chi connectivity index (χ0) is 14.0. The summed E-state index contributed by atoms with van der Waals surface area (Å²) in [6.45, 7) is 2.67. The molecule has 2 N–H and O–H groups in total. The molecule has 1 saturated heterocycles. The molecule has 1 fully saturated rings. The second-order valence-electron chi connectivity index (χ2n) is 4.77. The molecule has 1 aromatic carbocycles. The second-order valence-corrected chi connectivity index (χ2v) is 5.58. The molecule has 0 radical (unpaired) electrons. The van der Waals surface area contributed by atoms with Gasteiger partial charge in [0.25, 0.3) is 0 Å². The highest BCUT2D eigenvalue weighted by molar-refractivity contribution is 6.42. The van der Waals surface area contributed by atoms with Gasteiger partial charge in [0.05, 0.1) is 22.7 Å². The van der Waals surface area contributed by atoms with Gasteiger partial charge in [-0.15, -0.1) is 0 Å². The Bertz CT molecular complexity index is 482. The van der Waals surface area contributed by atoms with Crippen LogP contribution in [0.15, 0.2) is 18.2 Å². The number of hydrogen-bond donors (Lipinski definition) is 2. The van der Waals surface area contributed by atoms with Crippen molar-refractivity contribution < 1.29 is 9.90 Å². The van der Waals surface area contributed by atoms with E-state index in [1.54, 1.807) is 23.1 Å². The minimum atomic E-state index is -0.221. The number of nitrogens with zero attached hydrogens (tertiary/aromatic N) is 1. The molecular weight excluding hydrogens is 287 g/mol. The number of likely N-dealkylation sites (tertiary alicyclic amines) is 1. The lowest BCUT2D eigenvalue weighted by Gasteiger charge is -2.25. The summed E-state index contributed by atoms with van der Waals surface area (Å²) in [5.74, 6) is 0.310. The van der Waals surface area contributed by atoms with Crippen molar-refractivity contribution in [1.29, 1.82) is 0 Å². The first-order valence-corrected chi connectivity index (χ1v) is 6.92. The van der Waals surface area contributed by atoms with Crippen molar-refractivity contribution in [2.75, 3.05) is 18.5 Å². The molecule has 2 unspecified atom stereocenters. The van der Waals surface area contributed by atoms with Crippen LogP contribution in [0.4, 0.5) is 10.5 Å². The van der Waals surface area contributed by atoms with Crippen molar-refractivity contribution in [2.45, 2.75) is 19.4 Å². The molecule has 1 aliphatic rings. The molecular formula is C13H16Cl2N2O2. The Morgan fingerprint density at radius 2 is 2.21 bits per heavy atom. The van der Waals surface area contributed by atoms with Crippen LogP contribution in [0.5, 0.6) is 0 Å². The number of aliphatic hydroxyl groups excluding tert-OH is 1. The summed E-state index contributed by atoms with van der Waals surface area (Å²) >= 11 is 11.7. The second kappa shape index (κ2) is 5.99. The summed E-state index contributed by atoms with van der Waals surface area (Å²) in [5, 5.41) is 13.0. The van der Waals surface area contributed by atoms with Crippen LogP contribution in [0.2, 0.25) is 10.0 Å². The van der Waals surface area contributed by atoms with Crippen LogP contribution in [-0.2, 0) is 0 Å². The van der Waals surface area contributed by atoms with Gasteiger partial charge >= 0.3 is 6.03 Å². The lowest BCUT2D eigenvalue weighted by Crippen LogP contribution is -2.42. The van der Waals surface area contributed by atoms with Gasteiger partial charge in [0.2, 0.25) is 0 Å². The first kappa shape index (κ1) is 14.4. The number of urea groups is 1. The Balaban J connectivity index is 2.06. The minimum absolute atomic E-state index is 0.0179. The zero-order valence-corrected chi connectivity index (χ0v) is 12.1. The Labute approximate surface area is 122 Å². The predicted molar refractivity (Wildman–Crippen MR) is 76.8 cm³/mol. The number of hydrogen-bond acceptors (Lipinski definition) is 2. The average molecular weight is 303 g/mol. The Morgan fingerprint density at radius 3 is 2.84 bits per heavy atom. The van der Waals surface area contributed by atoms with Gasteiger partial charge in [-0.3, -0.25) is 0 Å². The van der Waals surface area contributed by atoms with Crippen LogP contribution >= 0.6 is 23.2 Å². The molecule has 0 aliphatic carbocycles. The highest BCUT2D eigenvalue weighted by atomic mass is 35.5. The number of rotatable bonds is 2. The smallest absolute Gasteiger partial charge is 0.322 e. The van der Waals surface area contributed by atoms with Crippen molar-refractivity contribution in [2.24, 2.45) is 5.92 Å². The largest absolute Gasteiger partial charge is 0.394 e. The summed E-state index contributed by atoms with van der Waals surface area (Å²) in [7, 11) is 0. The molecule has 0 spiro atoms. The number of halogens is 2. The summed E-state index contributed by atoms with van der Waals surface area (Å²) in [5.41, 5.74) is 0.593. The van der Waals surface area contributed by atoms with Gasteiger partial charge < -0.3 is 15.3 Å². The summed E-state index contributed by atoms with van der Waals surface area (Å²) < 4.78 is 0. The number of nitrogens with one attached hydrogen (secondary N) is 1. The van der Waals surface area contributed by atoms with Crippen molar-refractivity contribution >= 4 is 34.9 Å². The molecule has 2 rings (SSSR count). The topological polar surface area (TPSA) is 52.6 Å². The fraction of sp³-hybridized carbons (Fsp3) is 0.462. The quantitative estimate of drug-likeness (QED) is 0.881. The SMILES string of the molecule is CC1CCN(C(=O)Nc2ccc(Cl)c(Cl)c2)C1CO. The Hall–Kier alpha value is -0.970. The van der Waals surface area contributed by atoms with E-state index < -0.39 is 0 Å². The first-order valence-electron chi connectivity index (χ1n) is 6.16. The maximum atomic E-state index is 12.2. The molecule has 2 atom stereocenters. The monoisotopic (exact) mass is 302 g/mol. The Kier molecular flexibility index (Phi) is 4.55. The van der Waals surface area contributed by atoms with E-state index in [4.69, 9.17) is 23.2 Å². The molecule has 104 valence electrons.